The van der Waals surface area contributed by atoms with Gasteiger partial charge in [0.2, 0.25) is 5.95 Å². The van der Waals surface area contributed by atoms with Gasteiger partial charge in [0.1, 0.15) is 12.2 Å². The molecule has 0 unspecified atom stereocenters. The lowest BCUT2D eigenvalue weighted by atomic mass is 9.87. The number of piperazine rings is 1. The molecule has 37 heavy (non-hydrogen) atoms. The van der Waals surface area contributed by atoms with E-state index in [1.54, 1.807) is 29.2 Å². The van der Waals surface area contributed by atoms with Crippen LogP contribution in [0.25, 0.3) is 11.1 Å². The van der Waals surface area contributed by atoms with Crippen molar-refractivity contribution < 1.29 is 4.39 Å². The van der Waals surface area contributed by atoms with Crippen molar-refractivity contribution in [1.29, 1.82) is 5.41 Å². The van der Waals surface area contributed by atoms with Crippen LogP contribution in [-0.2, 0) is 12.6 Å². The quantitative estimate of drug-likeness (QED) is 0.276. The molecule has 1 aliphatic rings. The number of aryl methyl sites for hydroxylation is 1. The van der Waals surface area contributed by atoms with Gasteiger partial charge in [-0.15, -0.1) is 0 Å². The van der Waals surface area contributed by atoms with Crippen molar-refractivity contribution in [3.8, 4) is 11.1 Å². The molecule has 1 aliphatic heterocycles. The van der Waals surface area contributed by atoms with E-state index < -0.39 is 5.54 Å². The average molecular weight is 501 g/mol. The summed E-state index contributed by atoms with van der Waals surface area (Å²) >= 11 is 0. The molecule has 0 bridgehead atoms. The van der Waals surface area contributed by atoms with Crippen LogP contribution >= 0.6 is 0 Å². The number of hydrogen-bond acceptors (Lipinski definition) is 6. The van der Waals surface area contributed by atoms with Crippen LogP contribution in [-0.4, -0.2) is 68.0 Å². The summed E-state index contributed by atoms with van der Waals surface area (Å²) in [6, 6.07) is 8.19. The molecule has 1 atom stereocenters. The van der Waals surface area contributed by atoms with Crippen molar-refractivity contribution in [2.45, 2.75) is 12.5 Å². The van der Waals surface area contributed by atoms with Gasteiger partial charge in [0.25, 0.3) is 0 Å². The third kappa shape index (κ3) is 4.98. The van der Waals surface area contributed by atoms with Crippen LogP contribution in [0.4, 0.5) is 10.3 Å². The average Bonchev–Trinajstić information content (AvgIpc) is 3.57. The number of nitrogens with one attached hydrogen (secondary N) is 2. The van der Waals surface area contributed by atoms with Gasteiger partial charge in [0, 0.05) is 74.7 Å². The molecule has 4 N–H and O–H groups in total. The largest absolute Gasteiger partial charge is 0.358 e. The molecule has 4 heterocycles. The predicted molar refractivity (Wildman–Crippen MR) is 141 cm³/mol. The summed E-state index contributed by atoms with van der Waals surface area (Å²) in [5, 5.41) is 11.8. The molecule has 0 aliphatic carbocycles. The number of halogens is 1. The van der Waals surface area contributed by atoms with Gasteiger partial charge in [0.15, 0.2) is 5.84 Å². The monoisotopic (exact) mass is 500 g/mol. The first kappa shape index (κ1) is 24.3. The Hall–Kier alpha value is -4.38. The number of benzene rings is 1. The number of amidine groups is 1. The Labute approximate surface area is 214 Å². The van der Waals surface area contributed by atoms with E-state index in [0.717, 1.165) is 40.1 Å². The van der Waals surface area contributed by atoms with Gasteiger partial charge in [-0.2, -0.15) is 5.10 Å². The highest BCUT2D eigenvalue weighted by Gasteiger charge is 2.27. The number of nitrogens with two attached hydrogens (primary N) is 1. The first-order valence-corrected chi connectivity index (χ1v) is 12.0. The molecule has 3 aromatic heterocycles. The molecule has 1 fully saturated rings. The molecular formula is C26H29FN10. The molecule has 0 amide bonds. The molecule has 0 spiro atoms. The summed E-state index contributed by atoms with van der Waals surface area (Å²) in [5.74, 6) is 1.05. The van der Waals surface area contributed by atoms with Crippen LogP contribution in [0.5, 0.6) is 0 Å². The fourth-order valence-corrected chi connectivity index (χ4v) is 4.48. The third-order valence-corrected chi connectivity index (χ3v) is 6.69. The Bertz CT molecular complexity index is 1390. The summed E-state index contributed by atoms with van der Waals surface area (Å²) in [5.41, 5.74) is 10.1. The Kier molecular flexibility index (Phi) is 6.53. The number of aromatic nitrogens is 5. The Morgan fingerprint density at radius 2 is 1.78 bits per heavy atom. The first-order valence-electron chi connectivity index (χ1n) is 12.0. The van der Waals surface area contributed by atoms with Gasteiger partial charge in [0.05, 0.1) is 17.4 Å². The molecule has 4 aromatic rings. The summed E-state index contributed by atoms with van der Waals surface area (Å²) < 4.78 is 15.1. The minimum absolute atomic E-state index is 0.302. The lowest BCUT2D eigenvalue weighted by molar-refractivity contribution is 0.383. The van der Waals surface area contributed by atoms with E-state index in [2.05, 4.69) is 34.8 Å². The normalized spacial score (nSPS) is 16.1. The fraction of sp³-hybridized carbons (Fsp3) is 0.269. The highest BCUT2D eigenvalue weighted by molar-refractivity contribution is 6.01. The van der Waals surface area contributed by atoms with E-state index in [4.69, 9.17) is 11.1 Å². The van der Waals surface area contributed by atoms with Crippen LogP contribution in [0.1, 0.15) is 23.7 Å². The van der Waals surface area contributed by atoms with Crippen LogP contribution in [0.15, 0.2) is 66.3 Å². The molecule has 1 aromatic carbocycles. The lowest BCUT2D eigenvalue weighted by Crippen LogP contribution is -2.49. The number of rotatable bonds is 6. The van der Waals surface area contributed by atoms with Gasteiger partial charge >= 0.3 is 0 Å². The van der Waals surface area contributed by atoms with Crippen molar-refractivity contribution >= 4 is 18.1 Å². The van der Waals surface area contributed by atoms with E-state index in [-0.39, 0.29) is 5.82 Å². The zero-order chi connectivity index (χ0) is 26.0. The van der Waals surface area contributed by atoms with Crippen molar-refractivity contribution in [1.82, 2.24) is 29.6 Å². The van der Waals surface area contributed by atoms with Crippen LogP contribution in [0.2, 0.25) is 0 Å². The Morgan fingerprint density at radius 3 is 2.41 bits per heavy atom. The summed E-state index contributed by atoms with van der Waals surface area (Å²) in [6.07, 6.45) is 10.2. The number of nitrogens with zero attached hydrogens (tertiary/aromatic N) is 7. The van der Waals surface area contributed by atoms with Crippen molar-refractivity contribution in [2.24, 2.45) is 17.8 Å². The van der Waals surface area contributed by atoms with E-state index in [0.29, 0.717) is 32.1 Å². The van der Waals surface area contributed by atoms with E-state index >= 15 is 0 Å². The zero-order valence-corrected chi connectivity index (χ0v) is 20.8. The molecule has 11 heteroatoms. The Balaban J connectivity index is 1.26. The molecule has 1 saturated heterocycles. The van der Waals surface area contributed by atoms with E-state index in [1.807, 2.05) is 38.6 Å². The summed E-state index contributed by atoms with van der Waals surface area (Å²) in [7, 11) is 1.88. The standard InChI is InChI=1S/C26H29FN10/c1-26(29,20-3-5-22(27)6-4-20)21-14-31-25(32-15-21)37-9-7-36(8-10-37)24(33-17-28)23-11-18(12-30-23)19-13-34-35(2)16-19/h3-6,11-17,28,30H,7-10,29H2,1-2H3/b28-17?,33-24+/t26-/m1/s1. The van der Waals surface area contributed by atoms with E-state index in [9.17, 15) is 4.39 Å². The predicted octanol–water partition coefficient (Wildman–Crippen LogP) is 2.74. The van der Waals surface area contributed by atoms with Gasteiger partial charge in [-0.3, -0.25) is 10.1 Å². The molecule has 0 radical (unpaired) electrons. The second kappa shape index (κ2) is 9.94. The van der Waals surface area contributed by atoms with Crippen LogP contribution in [0, 0.1) is 11.2 Å². The van der Waals surface area contributed by atoms with Gasteiger partial charge in [-0.05, 0) is 30.7 Å². The van der Waals surface area contributed by atoms with Gasteiger partial charge < -0.3 is 20.5 Å². The van der Waals surface area contributed by atoms with Crippen LogP contribution < -0.4 is 10.6 Å². The molecule has 10 nitrogen and oxygen atoms in total. The highest BCUT2D eigenvalue weighted by atomic mass is 19.1. The van der Waals surface area contributed by atoms with Crippen molar-refractivity contribution in [2.75, 3.05) is 31.1 Å². The molecular weight excluding hydrogens is 471 g/mol. The summed E-state index contributed by atoms with van der Waals surface area (Å²) in [4.78, 5) is 21.1. The molecule has 190 valence electrons. The van der Waals surface area contributed by atoms with Crippen molar-refractivity contribution in [3.05, 3.63) is 84.0 Å². The van der Waals surface area contributed by atoms with Gasteiger partial charge in [-0.25, -0.2) is 19.4 Å². The number of H-pyrrole nitrogens is 1. The third-order valence-electron chi connectivity index (χ3n) is 6.69. The number of aliphatic imine (C=N–C) groups is 1. The minimum Gasteiger partial charge on any atom is -0.358 e. The zero-order valence-electron chi connectivity index (χ0n) is 20.8. The SMILES string of the molecule is Cn1cc(-c2c[nH]c(/C(=N\C=N)N3CCN(c4ncc([C@](C)(N)c5ccc(F)cc5)cn4)CC3)c2)cn1. The second-order valence-corrected chi connectivity index (χ2v) is 9.24. The van der Waals surface area contributed by atoms with E-state index in [1.165, 1.54) is 12.1 Å². The second-order valence-electron chi connectivity index (χ2n) is 9.24. The maximum absolute atomic E-state index is 13.3. The maximum Gasteiger partial charge on any atom is 0.225 e. The first-order chi connectivity index (χ1) is 17.8. The topological polar surface area (TPSA) is 128 Å². The van der Waals surface area contributed by atoms with Crippen LogP contribution in [0.3, 0.4) is 0 Å². The molecule has 5 rings (SSSR count). The summed E-state index contributed by atoms with van der Waals surface area (Å²) in [6.45, 7) is 4.66. The van der Waals surface area contributed by atoms with Crippen molar-refractivity contribution in [3.63, 3.8) is 0 Å². The number of anilines is 1. The number of aromatic amines is 1. The molecule has 0 saturated carbocycles. The highest BCUT2D eigenvalue weighted by Crippen LogP contribution is 2.27. The maximum atomic E-state index is 13.3. The van der Waals surface area contributed by atoms with Gasteiger partial charge in [-0.1, -0.05) is 12.1 Å². The Morgan fingerprint density at radius 1 is 1.08 bits per heavy atom. The smallest absolute Gasteiger partial charge is 0.225 e. The minimum atomic E-state index is -0.840. The number of hydrogen-bond donors (Lipinski definition) is 3. The fourth-order valence-electron chi connectivity index (χ4n) is 4.48. The lowest BCUT2D eigenvalue weighted by Gasteiger charge is -2.36.